The van der Waals surface area contributed by atoms with Crippen LogP contribution in [0, 0.1) is 0 Å². The summed E-state index contributed by atoms with van der Waals surface area (Å²) in [7, 11) is 0. The molecule has 15 heteroatoms. The number of hydrogen-bond donors (Lipinski definition) is 1. The fraction of sp³-hybridized carbons (Fsp3) is 0.594. The van der Waals surface area contributed by atoms with Gasteiger partial charge in [0.15, 0.2) is 5.82 Å². The van der Waals surface area contributed by atoms with Crippen molar-refractivity contribution < 1.29 is 37.0 Å². The lowest BCUT2D eigenvalue weighted by atomic mass is 9.92. The molecule has 1 aromatic carbocycles. The number of alkyl halides is 3. The van der Waals surface area contributed by atoms with E-state index >= 15 is 0 Å². The highest BCUT2D eigenvalue weighted by Crippen LogP contribution is 2.31. The van der Waals surface area contributed by atoms with Gasteiger partial charge in [-0.25, -0.2) is 22.9 Å². The van der Waals surface area contributed by atoms with Gasteiger partial charge in [-0.3, -0.25) is 14.3 Å². The lowest BCUT2D eigenvalue weighted by Crippen LogP contribution is -2.50. The maximum absolute atomic E-state index is 14.3. The maximum atomic E-state index is 14.3. The summed E-state index contributed by atoms with van der Waals surface area (Å²) in [4.78, 5) is 42.4. The van der Waals surface area contributed by atoms with E-state index in [0.29, 0.717) is 69.0 Å². The average molecular weight is 660 g/mol. The van der Waals surface area contributed by atoms with E-state index in [-0.39, 0.29) is 36.8 Å². The SMILES string of the molecule is CC(C)(C)OC(=O)N1C[C@@H](F)C[C@H]1C(=O)NC1CCC(Oc2cc(-n3c(C(F)F)nc4ccccc43)nc(N3CCOCC3)n2)CC1. The van der Waals surface area contributed by atoms with E-state index < -0.39 is 42.1 Å². The van der Waals surface area contributed by atoms with Gasteiger partial charge >= 0.3 is 6.09 Å². The number of benzene rings is 1. The molecule has 4 heterocycles. The zero-order valence-electron chi connectivity index (χ0n) is 26.7. The molecule has 0 radical (unpaired) electrons. The second-order valence-corrected chi connectivity index (χ2v) is 13.1. The van der Waals surface area contributed by atoms with Crippen LogP contribution < -0.4 is 15.0 Å². The highest BCUT2D eigenvalue weighted by atomic mass is 19.3. The molecule has 2 aromatic heterocycles. The van der Waals surface area contributed by atoms with E-state index in [2.05, 4.69) is 20.3 Å². The number of carbonyl (C=O) groups excluding carboxylic acids is 2. The van der Waals surface area contributed by atoms with Crippen molar-refractivity contribution in [2.75, 3.05) is 37.7 Å². The number of ether oxygens (including phenoxy) is 3. The van der Waals surface area contributed by atoms with Gasteiger partial charge in [0.05, 0.1) is 30.8 Å². The first-order valence-corrected chi connectivity index (χ1v) is 16.0. The Bertz CT molecular complexity index is 1580. The zero-order valence-corrected chi connectivity index (χ0v) is 26.7. The van der Waals surface area contributed by atoms with Crippen molar-refractivity contribution in [3.8, 4) is 11.7 Å². The highest BCUT2D eigenvalue weighted by molar-refractivity contribution is 5.86. The molecule has 1 saturated carbocycles. The third-order valence-electron chi connectivity index (χ3n) is 8.47. The van der Waals surface area contributed by atoms with Crippen LogP contribution in [-0.4, -0.2) is 99.2 Å². The van der Waals surface area contributed by atoms with E-state index in [4.69, 9.17) is 14.2 Å². The number of carbonyl (C=O) groups is 2. The topological polar surface area (TPSA) is 124 Å². The number of halogens is 3. The predicted molar refractivity (Wildman–Crippen MR) is 166 cm³/mol. The molecule has 47 heavy (non-hydrogen) atoms. The molecule has 2 saturated heterocycles. The minimum absolute atomic E-state index is 0.0788. The minimum atomic E-state index is -2.84. The molecule has 2 aliphatic heterocycles. The van der Waals surface area contributed by atoms with Crippen molar-refractivity contribution >= 4 is 29.0 Å². The Morgan fingerprint density at radius 2 is 1.77 bits per heavy atom. The van der Waals surface area contributed by atoms with Crippen LogP contribution in [0.2, 0.25) is 0 Å². The van der Waals surface area contributed by atoms with Gasteiger partial charge in [-0.1, -0.05) is 12.1 Å². The smallest absolute Gasteiger partial charge is 0.411 e. The number of morpholine rings is 1. The second-order valence-electron chi connectivity index (χ2n) is 13.1. The van der Waals surface area contributed by atoms with Gasteiger partial charge in [-0.15, -0.1) is 0 Å². The predicted octanol–water partition coefficient (Wildman–Crippen LogP) is 4.74. The standard InChI is InChI=1S/C32H40F3N7O5/c1-32(2,3)47-31(44)41-18-19(33)16-24(41)29(43)36-20-8-10-21(11-9-20)46-26-17-25(38-30(39-26)40-12-14-45-15-13-40)42-23-7-5-4-6-22(23)37-28(42)27(34)35/h4-7,17,19-21,24,27H,8-16,18H2,1-3H3,(H,36,43)/t19-,20?,21?,24-/m0/s1. The van der Waals surface area contributed by atoms with Gasteiger partial charge in [-0.05, 0) is 58.6 Å². The lowest BCUT2D eigenvalue weighted by molar-refractivity contribution is -0.126. The van der Waals surface area contributed by atoms with E-state index in [0.717, 1.165) is 0 Å². The van der Waals surface area contributed by atoms with Crippen LogP contribution in [0.1, 0.15) is 65.1 Å². The van der Waals surface area contributed by atoms with Crippen LogP contribution in [0.4, 0.5) is 23.9 Å². The second kappa shape index (κ2) is 13.5. The molecule has 12 nitrogen and oxygen atoms in total. The normalized spacial score (nSPS) is 23.7. The maximum Gasteiger partial charge on any atom is 0.411 e. The Hall–Kier alpha value is -4.14. The summed E-state index contributed by atoms with van der Waals surface area (Å²) >= 11 is 0. The number of fused-ring (bicyclic) bond motifs is 1. The fourth-order valence-electron chi connectivity index (χ4n) is 6.26. The summed E-state index contributed by atoms with van der Waals surface area (Å²) in [6.45, 7) is 7.01. The van der Waals surface area contributed by atoms with Crippen LogP contribution in [0.5, 0.6) is 5.88 Å². The number of nitrogens with one attached hydrogen (secondary N) is 1. The zero-order chi connectivity index (χ0) is 33.3. The number of nitrogens with zero attached hydrogens (tertiary/aromatic N) is 6. The quantitative estimate of drug-likeness (QED) is 0.383. The number of likely N-dealkylation sites (tertiary alicyclic amines) is 1. The molecule has 3 fully saturated rings. The number of para-hydroxylation sites is 2. The van der Waals surface area contributed by atoms with Crippen LogP contribution in [0.3, 0.4) is 0 Å². The molecule has 1 aliphatic carbocycles. The van der Waals surface area contributed by atoms with E-state index in [9.17, 15) is 22.8 Å². The minimum Gasteiger partial charge on any atom is -0.474 e. The van der Waals surface area contributed by atoms with Gasteiger partial charge in [0.1, 0.15) is 29.7 Å². The average Bonchev–Trinajstić information content (AvgIpc) is 3.63. The molecule has 1 N–H and O–H groups in total. The molecule has 3 aliphatic rings. The third kappa shape index (κ3) is 7.55. The monoisotopic (exact) mass is 659 g/mol. The summed E-state index contributed by atoms with van der Waals surface area (Å²) in [6, 6.07) is 7.31. The van der Waals surface area contributed by atoms with Gasteiger partial charge in [0, 0.05) is 31.6 Å². The first-order chi connectivity index (χ1) is 22.4. The Morgan fingerprint density at radius 1 is 1.04 bits per heavy atom. The lowest BCUT2D eigenvalue weighted by Gasteiger charge is -2.32. The molecular weight excluding hydrogens is 619 g/mol. The number of aromatic nitrogens is 4. The van der Waals surface area contributed by atoms with Crippen molar-refractivity contribution in [1.29, 1.82) is 0 Å². The number of amides is 2. The van der Waals surface area contributed by atoms with Crippen molar-refractivity contribution in [3.63, 3.8) is 0 Å². The molecular formula is C32H40F3N7O5. The molecule has 0 bridgehead atoms. The molecule has 2 atom stereocenters. The van der Waals surface area contributed by atoms with Crippen LogP contribution in [0.15, 0.2) is 30.3 Å². The van der Waals surface area contributed by atoms with Gasteiger partial charge in [0.2, 0.25) is 17.7 Å². The Balaban J connectivity index is 1.15. The van der Waals surface area contributed by atoms with Crippen molar-refractivity contribution in [1.82, 2.24) is 29.7 Å². The molecule has 0 unspecified atom stereocenters. The van der Waals surface area contributed by atoms with E-state index in [1.165, 1.54) is 9.47 Å². The van der Waals surface area contributed by atoms with Crippen molar-refractivity contribution in [3.05, 3.63) is 36.2 Å². The summed E-state index contributed by atoms with van der Waals surface area (Å²) < 4.78 is 61.2. The van der Waals surface area contributed by atoms with Gasteiger partial charge in [0.25, 0.3) is 6.43 Å². The summed E-state index contributed by atoms with van der Waals surface area (Å²) in [6.07, 6.45) is -2.84. The summed E-state index contributed by atoms with van der Waals surface area (Å²) in [5.74, 6) is -0.0179. The van der Waals surface area contributed by atoms with Crippen LogP contribution in [-0.2, 0) is 14.3 Å². The van der Waals surface area contributed by atoms with Gasteiger partial charge in [-0.2, -0.15) is 9.97 Å². The summed E-state index contributed by atoms with van der Waals surface area (Å²) in [5.41, 5.74) is 0.144. The Morgan fingerprint density at radius 3 is 2.47 bits per heavy atom. The largest absolute Gasteiger partial charge is 0.474 e. The van der Waals surface area contributed by atoms with Crippen molar-refractivity contribution in [2.24, 2.45) is 0 Å². The van der Waals surface area contributed by atoms with Crippen LogP contribution >= 0.6 is 0 Å². The number of imidazole rings is 1. The molecule has 3 aromatic rings. The van der Waals surface area contributed by atoms with E-state index in [1.54, 1.807) is 51.1 Å². The highest BCUT2D eigenvalue weighted by Gasteiger charge is 2.42. The summed E-state index contributed by atoms with van der Waals surface area (Å²) in [5, 5.41) is 2.99. The van der Waals surface area contributed by atoms with Crippen molar-refractivity contribution in [2.45, 2.75) is 89.3 Å². The first kappa shape index (κ1) is 32.8. The molecule has 6 rings (SSSR count). The molecule has 254 valence electrons. The molecule has 2 amide bonds. The number of anilines is 1. The van der Waals surface area contributed by atoms with Crippen LogP contribution in [0.25, 0.3) is 16.9 Å². The Kier molecular flexibility index (Phi) is 9.44. The fourth-order valence-corrected chi connectivity index (χ4v) is 6.26. The number of hydrogen-bond acceptors (Lipinski definition) is 9. The third-order valence-corrected chi connectivity index (χ3v) is 8.47. The first-order valence-electron chi connectivity index (χ1n) is 16.0. The van der Waals surface area contributed by atoms with E-state index in [1.807, 2.05) is 4.90 Å². The molecule has 0 spiro atoms. The van der Waals surface area contributed by atoms with Gasteiger partial charge < -0.3 is 24.4 Å². The Labute approximate surface area is 270 Å². The number of rotatable bonds is 7.